The summed E-state index contributed by atoms with van der Waals surface area (Å²) in [5.41, 5.74) is 6.08. The maximum Gasteiger partial charge on any atom is 0.322 e. The van der Waals surface area contributed by atoms with E-state index in [-0.39, 0.29) is 12.1 Å². The highest BCUT2D eigenvalue weighted by Gasteiger charge is 2.33. The Morgan fingerprint density at radius 3 is 2.18 bits per heavy atom. The van der Waals surface area contributed by atoms with Gasteiger partial charge in [0.05, 0.1) is 13.2 Å². The van der Waals surface area contributed by atoms with E-state index in [0.29, 0.717) is 6.54 Å². The van der Waals surface area contributed by atoms with E-state index in [2.05, 4.69) is 41.7 Å². The predicted molar refractivity (Wildman–Crippen MR) is 137 cm³/mol. The number of rotatable bonds is 5. The van der Waals surface area contributed by atoms with Crippen LogP contribution in [0.3, 0.4) is 0 Å². The van der Waals surface area contributed by atoms with Gasteiger partial charge in [-0.3, -0.25) is 0 Å². The van der Waals surface area contributed by atoms with Crippen LogP contribution in [0.4, 0.5) is 10.5 Å². The Kier molecular flexibility index (Phi) is 6.13. The number of fused-ring (bicyclic) bond motifs is 1. The largest absolute Gasteiger partial charge is 0.497 e. The third-order valence-electron chi connectivity index (χ3n) is 6.10. The van der Waals surface area contributed by atoms with Gasteiger partial charge in [-0.25, -0.2) is 4.79 Å². The van der Waals surface area contributed by atoms with Crippen LogP contribution < -0.4 is 10.1 Å². The van der Waals surface area contributed by atoms with Crippen LogP contribution in [0.15, 0.2) is 109 Å². The van der Waals surface area contributed by atoms with E-state index in [4.69, 9.17) is 4.74 Å². The van der Waals surface area contributed by atoms with Gasteiger partial charge in [-0.15, -0.1) is 0 Å². The molecule has 1 aliphatic rings. The van der Waals surface area contributed by atoms with Crippen molar-refractivity contribution in [1.29, 1.82) is 0 Å². The lowest BCUT2D eigenvalue weighted by Gasteiger charge is -2.32. The minimum atomic E-state index is -0.271. The number of ether oxygens (including phenoxy) is 1. The van der Waals surface area contributed by atoms with E-state index in [1.807, 2.05) is 83.8 Å². The first kappa shape index (κ1) is 21.5. The van der Waals surface area contributed by atoms with Crippen molar-refractivity contribution in [3.8, 4) is 5.75 Å². The zero-order valence-electron chi connectivity index (χ0n) is 19.0. The number of urea groups is 1. The molecular weight excluding hydrogens is 420 g/mol. The number of amides is 2. The van der Waals surface area contributed by atoms with Gasteiger partial charge in [-0.05, 0) is 46.5 Å². The highest BCUT2D eigenvalue weighted by atomic mass is 16.5. The molecule has 0 spiro atoms. The van der Waals surface area contributed by atoms with Crippen LogP contribution in [0.2, 0.25) is 0 Å². The minimum Gasteiger partial charge on any atom is -0.497 e. The molecule has 0 aromatic heterocycles. The lowest BCUT2D eigenvalue weighted by molar-refractivity contribution is 0.199. The molecule has 1 atom stereocenters. The molecule has 4 heteroatoms. The van der Waals surface area contributed by atoms with Crippen LogP contribution in [0.5, 0.6) is 5.75 Å². The number of benzene rings is 4. The molecule has 0 saturated carbocycles. The number of nitrogens with one attached hydrogen (secondary N) is 1. The van der Waals surface area contributed by atoms with Gasteiger partial charge in [0, 0.05) is 17.8 Å². The van der Waals surface area contributed by atoms with Crippen molar-refractivity contribution in [2.75, 3.05) is 12.4 Å². The standard InChI is InChI=1S/C30H26N2O2/c1-34-25-18-16-23(17-19-25)21-32-29(24-12-6-3-7-13-24)27(20-22-10-4-2-5-11-22)26-14-8-9-15-28(26)31-30(32)33/h2-20,29H,21H2,1H3,(H,31,33)/b27-20-. The summed E-state index contributed by atoms with van der Waals surface area (Å²) in [5, 5.41) is 3.15. The number of carbonyl (C=O) groups is 1. The topological polar surface area (TPSA) is 41.6 Å². The zero-order chi connectivity index (χ0) is 23.3. The lowest BCUT2D eigenvalue weighted by Crippen LogP contribution is -2.36. The summed E-state index contributed by atoms with van der Waals surface area (Å²) >= 11 is 0. The molecule has 0 saturated heterocycles. The van der Waals surface area contributed by atoms with E-state index in [1.165, 1.54) is 0 Å². The van der Waals surface area contributed by atoms with Gasteiger partial charge in [0.2, 0.25) is 0 Å². The maximum atomic E-state index is 13.6. The van der Waals surface area contributed by atoms with Gasteiger partial charge < -0.3 is 15.0 Å². The Hall–Kier alpha value is -4.31. The van der Waals surface area contributed by atoms with Crippen LogP contribution in [0, 0.1) is 0 Å². The van der Waals surface area contributed by atoms with Crippen LogP contribution in [0.1, 0.15) is 28.3 Å². The Morgan fingerprint density at radius 1 is 0.824 bits per heavy atom. The highest BCUT2D eigenvalue weighted by Crippen LogP contribution is 2.43. The average molecular weight is 447 g/mol. The Labute approximate surface area is 200 Å². The van der Waals surface area contributed by atoms with Crippen molar-refractivity contribution in [2.24, 2.45) is 0 Å². The normalized spacial score (nSPS) is 16.5. The quantitative estimate of drug-likeness (QED) is 0.358. The van der Waals surface area contributed by atoms with Gasteiger partial charge in [0.1, 0.15) is 5.75 Å². The van der Waals surface area contributed by atoms with Gasteiger partial charge in [-0.1, -0.05) is 91.0 Å². The third kappa shape index (κ3) is 4.44. The van der Waals surface area contributed by atoms with Crippen molar-refractivity contribution in [3.05, 3.63) is 131 Å². The number of nitrogens with zero attached hydrogens (tertiary/aromatic N) is 1. The number of anilines is 1. The molecule has 4 aromatic rings. The van der Waals surface area contributed by atoms with Crippen LogP contribution >= 0.6 is 0 Å². The van der Waals surface area contributed by atoms with Crippen molar-refractivity contribution in [1.82, 2.24) is 4.90 Å². The van der Waals surface area contributed by atoms with E-state index >= 15 is 0 Å². The van der Waals surface area contributed by atoms with E-state index in [1.54, 1.807) is 7.11 Å². The maximum absolute atomic E-state index is 13.6. The molecule has 4 nitrogen and oxygen atoms in total. The molecule has 1 unspecified atom stereocenters. The summed E-state index contributed by atoms with van der Waals surface area (Å²) in [6, 6.07) is 36.0. The second kappa shape index (κ2) is 9.67. The van der Waals surface area contributed by atoms with Gasteiger partial charge in [-0.2, -0.15) is 0 Å². The van der Waals surface area contributed by atoms with Crippen molar-refractivity contribution < 1.29 is 9.53 Å². The number of methoxy groups -OCH3 is 1. The first-order valence-electron chi connectivity index (χ1n) is 11.3. The second-order valence-corrected chi connectivity index (χ2v) is 8.28. The summed E-state index contributed by atoms with van der Waals surface area (Å²) in [4.78, 5) is 15.6. The predicted octanol–water partition coefficient (Wildman–Crippen LogP) is 7.02. The summed E-state index contributed by atoms with van der Waals surface area (Å²) in [6.45, 7) is 0.454. The molecule has 0 aliphatic carbocycles. The number of hydrogen-bond acceptors (Lipinski definition) is 2. The van der Waals surface area contributed by atoms with Crippen molar-refractivity contribution in [2.45, 2.75) is 12.6 Å². The third-order valence-corrected chi connectivity index (χ3v) is 6.10. The van der Waals surface area contributed by atoms with Crippen LogP contribution in [-0.2, 0) is 6.54 Å². The van der Waals surface area contributed by atoms with Gasteiger partial charge in [0.15, 0.2) is 0 Å². The van der Waals surface area contributed by atoms with Crippen LogP contribution in [0.25, 0.3) is 11.6 Å². The highest BCUT2D eigenvalue weighted by molar-refractivity contribution is 6.01. The molecule has 0 bridgehead atoms. The Morgan fingerprint density at radius 2 is 1.47 bits per heavy atom. The first-order valence-corrected chi connectivity index (χ1v) is 11.3. The Balaban J connectivity index is 1.68. The summed E-state index contributed by atoms with van der Waals surface area (Å²) in [5.74, 6) is 0.792. The molecular formula is C30H26N2O2. The average Bonchev–Trinajstić information content (AvgIpc) is 3.00. The number of carbonyl (C=O) groups excluding carboxylic acids is 1. The molecule has 5 rings (SSSR count). The SMILES string of the molecule is COc1ccc(CN2C(=O)Nc3ccccc3/C(=C/c3ccccc3)C2c2ccccc2)cc1. The Bertz CT molecular complexity index is 1300. The fourth-order valence-electron chi connectivity index (χ4n) is 4.43. The van der Waals surface area contributed by atoms with Crippen molar-refractivity contribution in [3.63, 3.8) is 0 Å². The van der Waals surface area contributed by atoms with E-state index in [9.17, 15) is 4.79 Å². The minimum absolute atomic E-state index is 0.131. The van der Waals surface area contributed by atoms with Crippen molar-refractivity contribution >= 4 is 23.4 Å². The fraction of sp³-hybridized carbons (Fsp3) is 0.100. The molecule has 4 aromatic carbocycles. The van der Waals surface area contributed by atoms with Gasteiger partial charge >= 0.3 is 6.03 Å². The second-order valence-electron chi connectivity index (χ2n) is 8.28. The first-order chi connectivity index (χ1) is 16.7. The van der Waals surface area contributed by atoms with Crippen LogP contribution in [-0.4, -0.2) is 18.0 Å². The van der Waals surface area contributed by atoms with E-state index < -0.39 is 0 Å². The summed E-state index contributed by atoms with van der Waals surface area (Å²) in [7, 11) is 1.65. The molecule has 2 amide bonds. The smallest absolute Gasteiger partial charge is 0.322 e. The number of para-hydroxylation sites is 1. The molecule has 1 N–H and O–H groups in total. The molecule has 0 fully saturated rings. The van der Waals surface area contributed by atoms with E-state index in [0.717, 1.165) is 39.3 Å². The molecule has 1 aliphatic heterocycles. The number of hydrogen-bond donors (Lipinski definition) is 1. The molecule has 1 heterocycles. The fourth-order valence-corrected chi connectivity index (χ4v) is 4.43. The summed E-state index contributed by atoms with van der Waals surface area (Å²) < 4.78 is 5.31. The summed E-state index contributed by atoms with van der Waals surface area (Å²) in [6.07, 6.45) is 2.19. The van der Waals surface area contributed by atoms with Gasteiger partial charge in [0.25, 0.3) is 0 Å². The monoisotopic (exact) mass is 446 g/mol. The molecule has 168 valence electrons. The lowest BCUT2D eigenvalue weighted by atomic mass is 9.89. The molecule has 34 heavy (non-hydrogen) atoms. The zero-order valence-corrected chi connectivity index (χ0v) is 19.0. The molecule has 0 radical (unpaired) electrons.